The van der Waals surface area contributed by atoms with Gasteiger partial charge in [0.05, 0.1) is 25.2 Å². The summed E-state index contributed by atoms with van der Waals surface area (Å²) in [6, 6.07) is 28.1. The highest BCUT2D eigenvalue weighted by atomic mass is 35.5. The van der Waals surface area contributed by atoms with Crippen LogP contribution in [0.4, 0.5) is 13.6 Å². The zero-order valence-corrected chi connectivity index (χ0v) is 44.8. The summed E-state index contributed by atoms with van der Waals surface area (Å²) in [5.41, 5.74) is 9.71. The third-order valence-electron chi connectivity index (χ3n) is 11.2. The van der Waals surface area contributed by atoms with E-state index in [1.54, 1.807) is 45.0 Å². The van der Waals surface area contributed by atoms with Gasteiger partial charge in [-0.25, -0.2) is 33.5 Å². The fourth-order valence-electron chi connectivity index (χ4n) is 7.11. The molecule has 4 aromatic heterocycles. The number of nitrogens with one attached hydrogen (secondary N) is 5. The molecule has 0 bridgehead atoms. The Morgan fingerprint density at radius 3 is 1.34 bits per heavy atom. The Bertz CT molecular complexity index is 3360. The largest absolute Gasteiger partial charge is 0.444 e. The van der Waals surface area contributed by atoms with Crippen molar-refractivity contribution in [2.75, 3.05) is 13.1 Å². The van der Waals surface area contributed by atoms with Crippen molar-refractivity contribution >= 4 is 42.1 Å². The average molecular weight is 1120 g/mol. The number of benzene rings is 4. The quantitative estimate of drug-likeness (QED) is 0.0599. The molecule has 27 heteroatoms. The minimum Gasteiger partial charge on any atom is -0.444 e. The zero-order valence-electron chi connectivity index (χ0n) is 44.0. The monoisotopic (exact) mass is 1110 g/mol. The summed E-state index contributed by atoms with van der Waals surface area (Å²) in [6.45, 7) is 10.9. The number of rotatable bonds is 19. The maximum atomic E-state index is 13.1. The highest BCUT2D eigenvalue weighted by Crippen LogP contribution is 2.21. The first-order valence-electron chi connectivity index (χ1n) is 24.6. The Labute approximate surface area is 463 Å². The number of ether oxygens (including phenoxy) is 1. The van der Waals surface area contributed by atoms with E-state index in [1.807, 2.05) is 62.4 Å². The SMILES string of the molecule is C[C@H](NC(=O)c1cc(C(=O)NCc2ccc(F)cc2)ncn1)c1ccc(-c2nnn(CCN)n2)cc1.C[C@H](NC(=O)c1cc(C(=O)NCc2ccc(F)cc2)ncn1)c1ccc(-c2nnn(CCNC(=O)OC(C)(C)C)n2)cc1.Cl. The number of nitrogens with two attached hydrogens (primary N) is 1. The van der Waals surface area contributed by atoms with E-state index >= 15 is 0 Å². The standard InChI is InChI=1S/C29H32FN9O4.C24H24FN9O2.ClH/c1-18(35-27(41)24-15-23(33-17-34-24)26(40)32-16-19-5-11-22(30)12-6-19)20-7-9-21(10-8-20)25-36-38-39(37-25)14-13-31-28(42)43-29(2,3)4;1-15(17-4-6-18(7-5-17)22-31-33-34(32-22)11-10-26)30-24(36)21-12-20(28-14-29-21)23(35)27-13-16-2-8-19(25)9-3-16;/h5-12,15,17-18H,13-14,16H2,1-4H3,(H,31,42)(H,32,40)(H,35,41);2-9,12,14-15H,10-11,13,26H2,1H3,(H,27,35)(H,30,36);1H/t18-;15-;/m00./s1. The van der Waals surface area contributed by atoms with Gasteiger partial charge in [-0.05, 0) is 91.6 Å². The molecule has 2 atom stereocenters. The van der Waals surface area contributed by atoms with Crippen LogP contribution >= 0.6 is 12.4 Å². The number of amides is 5. The highest BCUT2D eigenvalue weighted by Gasteiger charge is 2.20. The molecule has 0 aliphatic carbocycles. The number of carbonyl (C=O) groups excluding carboxylic acids is 5. The normalized spacial score (nSPS) is 11.6. The second-order valence-electron chi connectivity index (χ2n) is 18.5. The van der Waals surface area contributed by atoms with Crippen LogP contribution in [0.15, 0.2) is 122 Å². The van der Waals surface area contributed by atoms with Gasteiger partial charge in [0.2, 0.25) is 11.6 Å². The summed E-state index contributed by atoms with van der Waals surface area (Å²) in [4.78, 5) is 81.1. The van der Waals surface area contributed by atoms with E-state index in [1.165, 1.54) is 46.0 Å². The van der Waals surface area contributed by atoms with Crippen molar-refractivity contribution in [2.45, 2.75) is 78.5 Å². The van der Waals surface area contributed by atoms with E-state index in [0.29, 0.717) is 31.3 Å². The first-order chi connectivity index (χ1) is 37.9. The summed E-state index contributed by atoms with van der Waals surface area (Å²) in [7, 11) is 0. The molecule has 0 radical (unpaired) electrons. The minimum absolute atomic E-state index is 0. The van der Waals surface area contributed by atoms with Crippen LogP contribution < -0.4 is 32.3 Å². The lowest BCUT2D eigenvalue weighted by molar-refractivity contribution is 0.0524. The zero-order chi connectivity index (χ0) is 56.5. The van der Waals surface area contributed by atoms with Crippen molar-refractivity contribution in [3.8, 4) is 22.8 Å². The van der Waals surface area contributed by atoms with Gasteiger partial charge in [0.15, 0.2) is 0 Å². The Morgan fingerprint density at radius 2 is 0.950 bits per heavy atom. The number of nitrogens with zero attached hydrogens (tertiary/aromatic N) is 12. The van der Waals surface area contributed by atoms with Crippen molar-refractivity contribution in [2.24, 2.45) is 5.73 Å². The van der Waals surface area contributed by atoms with Crippen LogP contribution in [-0.4, -0.2) is 109 Å². The molecule has 5 amide bonds. The van der Waals surface area contributed by atoms with Crippen LogP contribution in [0.25, 0.3) is 22.8 Å². The third-order valence-corrected chi connectivity index (χ3v) is 11.2. The Hall–Kier alpha value is -9.56. The van der Waals surface area contributed by atoms with E-state index in [-0.39, 0.29) is 78.5 Å². The Balaban J connectivity index is 0.000000259. The average Bonchev–Trinajstić information content (AvgIpc) is 4.13. The first kappa shape index (κ1) is 59.7. The molecule has 8 rings (SSSR count). The van der Waals surface area contributed by atoms with Crippen LogP contribution in [-0.2, 0) is 30.9 Å². The van der Waals surface area contributed by atoms with Crippen LogP contribution in [0.2, 0.25) is 0 Å². The summed E-state index contributed by atoms with van der Waals surface area (Å²) < 4.78 is 31.3. The van der Waals surface area contributed by atoms with Crippen molar-refractivity contribution < 1.29 is 37.5 Å². The lowest BCUT2D eigenvalue weighted by atomic mass is 10.1. The molecule has 4 heterocycles. The maximum absolute atomic E-state index is 13.1. The van der Waals surface area contributed by atoms with Gasteiger partial charge in [0.1, 0.15) is 52.7 Å². The number of tetrazole rings is 2. The molecule has 7 N–H and O–H groups in total. The molecule has 0 aliphatic heterocycles. The smallest absolute Gasteiger partial charge is 0.407 e. The van der Waals surface area contributed by atoms with Crippen LogP contribution in [0.3, 0.4) is 0 Å². The van der Waals surface area contributed by atoms with E-state index in [9.17, 15) is 32.8 Å². The number of halogens is 3. The molecule has 8 aromatic rings. The fourth-order valence-corrected chi connectivity index (χ4v) is 7.11. The number of carbonyl (C=O) groups is 5. The van der Waals surface area contributed by atoms with Crippen LogP contribution in [0, 0.1) is 11.6 Å². The van der Waals surface area contributed by atoms with Crippen molar-refractivity contribution in [1.29, 1.82) is 0 Å². The summed E-state index contributed by atoms with van der Waals surface area (Å²) >= 11 is 0. The van der Waals surface area contributed by atoms with Gasteiger partial charge < -0.3 is 37.1 Å². The van der Waals surface area contributed by atoms with Crippen molar-refractivity contribution in [1.82, 2.24) is 86.9 Å². The molecular weight excluding hydrogens is 1060 g/mol. The number of hydrogen-bond donors (Lipinski definition) is 6. The third kappa shape index (κ3) is 17.7. The van der Waals surface area contributed by atoms with Gasteiger partial charge >= 0.3 is 6.09 Å². The molecule has 0 fully saturated rings. The van der Waals surface area contributed by atoms with Crippen LogP contribution in [0.1, 0.15) is 111 Å². The van der Waals surface area contributed by atoms with Crippen molar-refractivity contribution in [3.63, 3.8) is 0 Å². The maximum Gasteiger partial charge on any atom is 0.407 e. The van der Waals surface area contributed by atoms with Gasteiger partial charge in [0, 0.05) is 49.4 Å². The number of aromatic nitrogens is 12. The molecule has 4 aromatic carbocycles. The topological polar surface area (TPSA) is 320 Å². The van der Waals surface area contributed by atoms with E-state index in [0.717, 1.165) is 46.0 Å². The van der Waals surface area contributed by atoms with Gasteiger partial charge in [-0.15, -0.1) is 32.8 Å². The Morgan fingerprint density at radius 1 is 0.562 bits per heavy atom. The summed E-state index contributed by atoms with van der Waals surface area (Å²) in [5, 5.41) is 38.4. The van der Waals surface area contributed by atoms with Crippen molar-refractivity contribution in [3.05, 3.63) is 179 Å². The predicted molar refractivity (Wildman–Crippen MR) is 288 cm³/mol. The van der Waals surface area contributed by atoms with Gasteiger partial charge in [0.25, 0.3) is 23.6 Å². The van der Waals surface area contributed by atoms with E-state index in [4.69, 9.17) is 10.5 Å². The predicted octanol–water partition coefficient (Wildman–Crippen LogP) is 5.29. The molecular formula is C53H57ClF2N18O6. The molecule has 0 spiro atoms. The first-order valence-corrected chi connectivity index (χ1v) is 24.6. The molecule has 416 valence electrons. The minimum atomic E-state index is -0.583. The summed E-state index contributed by atoms with van der Waals surface area (Å²) in [6.07, 6.45) is 1.79. The fraction of sp³-hybridized carbons (Fsp3) is 0.264. The highest BCUT2D eigenvalue weighted by molar-refractivity contribution is 5.98. The molecule has 0 saturated carbocycles. The Kier molecular flexibility index (Phi) is 21.0. The molecule has 24 nitrogen and oxygen atoms in total. The van der Waals surface area contributed by atoms with E-state index in [2.05, 4.69) is 77.3 Å². The van der Waals surface area contributed by atoms with Crippen LogP contribution in [0.5, 0.6) is 0 Å². The second-order valence-corrected chi connectivity index (χ2v) is 18.5. The lowest BCUT2D eigenvalue weighted by Gasteiger charge is -2.19. The van der Waals surface area contributed by atoms with Gasteiger partial charge in [-0.3, -0.25) is 19.2 Å². The summed E-state index contributed by atoms with van der Waals surface area (Å²) in [5.74, 6) is -1.72. The number of hydrogen-bond acceptors (Lipinski definition) is 17. The molecule has 0 aliphatic rings. The molecule has 80 heavy (non-hydrogen) atoms. The molecule has 0 saturated heterocycles. The number of alkyl carbamates (subject to hydrolysis) is 1. The van der Waals surface area contributed by atoms with E-state index < -0.39 is 35.3 Å². The molecule has 0 unspecified atom stereocenters. The lowest BCUT2D eigenvalue weighted by Crippen LogP contribution is -2.34. The van der Waals surface area contributed by atoms with Gasteiger partial charge in [-0.2, -0.15) is 9.59 Å². The second kappa shape index (κ2) is 28.2. The van der Waals surface area contributed by atoms with Gasteiger partial charge in [-0.1, -0.05) is 72.8 Å².